The molecule has 1 aromatic carbocycles. The highest BCUT2D eigenvalue weighted by Gasteiger charge is 2.30. The maximum absolute atomic E-state index is 13.2. The Hall–Kier alpha value is -1.92. The lowest BCUT2D eigenvalue weighted by molar-refractivity contribution is -0.121. The molecule has 2 aliphatic rings. The summed E-state index contributed by atoms with van der Waals surface area (Å²) in [4.78, 5) is 32.1. The molecule has 1 aromatic rings. The van der Waals surface area contributed by atoms with Crippen LogP contribution in [0.1, 0.15) is 52.9 Å². The zero-order valence-electron chi connectivity index (χ0n) is 19.6. The van der Waals surface area contributed by atoms with Crippen LogP contribution in [0.4, 0.5) is 11.4 Å². The van der Waals surface area contributed by atoms with Gasteiger partial charge in [0.2, 0.25) is 11.8 Å². The van der Waals surface area contributed by atoms with Crippen molar-refractivity contribution in [2.75, 3.05) is 56.0 Å². The summed E-state index contributed by atoms with van der Waals surface area (Å²) in [5.41, 5.74) is 1.54. The van der Waals surface area contributed by atoms with Crippen molar-refractivity contribution in [2.45, 2.75) is 52.9 Å². The average Bonchev–Trinajstić information content (AvgIpc) is 2.91. The second-order valence-electron chi connectivity index (χ2n) is 9.15. The molecule has 1 unspecified atom stereocenters. The van der Waals surface area contributed by atoms with Crippen molar-refractivity contribution in [3.05, 3.63) is 24.3 Å². The van der Waals surface area contributed by atoms with Gasteiger partial charge in [0, 0.05) is 6.54 Å². The number of nitrogens with one attached hydrogen (secondary N) is 1. The van der Waals surface area contributed by atoms with Crippen LogP contribution in [0, 0.1) is 11.8 Å². The summed E-state index contributed by atoms with van der Waals surface area (Å²) in [5.74, 6) is 0.639. The molecule has 0 saturated carbocycles. The Morgan fingerprint density at radius 2 is 1.84 bits per heavy atom. The molecule has 2 amide bonds. The zero-order chi connectivity index (χ0) is 22.2. The van der Waals surface area contributed by atoms with Gasteiger partial charge in [0.25, 0.3) is 0 Å². The summed E-state index contributed by atoms with van der Waals surface area (Å²) in [6.45, 7) is 12.7. The number of hydrogen-bond acceptors (Lipinski definition) is 4. The molecule has 6 nitrogen and oxygen atoms in total. The highest BCUT2D eigenvalue weighted by atomic mass is 16.2. The first-order chi connectivity index (χ1) is 15.0. The molecule has 3 rings (SSSR count). The van der Waals surface area contributed by atoms with Crippen molar-refractivity contribution < 1.29 is 9.59 Å². The summed E-state index contributed by atoms with van der Waals surface area (Å²) in [5, 5.41) is 2.96. The summed E-state index contributed by atoms with van der Waals surface area (Å²) >= 11 is 0. The van der Waals surface area contributed by atoms with Crippen LogP contribution in [-0.2, 0) is 9.59 Å². The number of carbonyl (C=O) groups is 2. The molecule has 172 valence electrons. The monoisotopic (exact) mass is 428 g/mol. The predicted octanol–water partition coefficient (Wildman–Crippen LogP) is 3.83. The van der Waals surface area contributed by atoms with Crippen LogP contribution in [-0.4, -0.2) is 67.4 Å². The van der Waals surface area contributed by atoms with Crippen LogP contribution in [0.15, 0.2) is 24.3 Å². The topological polar surface area (TPSA) is 55.9 Å². The van der Waals surface area contributed by atoms with Crippen LogP contribution in [0.5, 0.6) is 0 Å². The van der Waals surface area contributed by atoms with E-state index in [-0.39, 0.29) is 17.7 Å². The molecule has 1 atom stereocenters. The zero-order valence-corrected chi connectivity index (χ0v) is 19.6. The number of benzene rings is 1. The third kappa shape index (κ3) is 6.53. The maximum Gasteiger partial charge on any atom is 0.241 e. The number of likely N-dealkylation sites (tertiary alicyclic amines) is 1. The van der Waals surface area contributed by atoms with Crippen LogP contribution in [0.2, 0.25) is 0 Å². The number of anilines is 2. The summed E-state index contributed by atoms with van der Waals surface area (Å²) < 4.78 is 0. The predicted molar refractivity (Wildman–Crippen MR) is 127 cm³/mol. The summed E-state index contributed by atoms with van der Waals surface area (Å²) in [6.07, 6.45) is 6.29. The second-order valence-corrected chi connectivity index (χ2v) is 9.15. The van der Waals surface area contributed by atoms with E-state index < -0.39 is 0 Å². The van der Waals surface area contributed by atoms with Crippen molar-refractivity contribution in [1.82, 2.24) is 9.80 Å². The Balaban J connectivity index is 1.46. The number of amides is 2. The number of para-hydroxylation sites is 2. The van der Waals surface area contributed by atoms with Gasteiger partial charge in [0.15, 0.2) is 0 Å². The van der Waals surface area contributed by atoms with Gasteiger partial charge in [-0.2, -0.15) is 0 Å². The van der Waals surface area contributed by atoms with E-state index in [0.29, 0.717) is 13.1 Å². The third-order valence-electron chi connectivity index (χ3n) is 6.95. The van der Waals surface area contributed by atoms with E-state index in [1.165, 1.54) is 38.6 Å². The lowest BCUT2D eigenvalue weighted by atomic mass is 9.91. The van der Waals surface area contributed by atoms with Crippen LogP contribution in [0.3, 0.4) is 0 Å². The Bertz CT molecular complexity index is 726. The number of nitrogens with zero attached hydrogens (tertiary/aromatic N) is 3. The largest absolute Gasteiger partial charge is 0.324 e. The third-order valence-corrected chi connectivity index (χ3v) is 6.95. The number of fused-ring (bicyclic) bond motifs is 1. The van der Waals surface area contributed by atoms with E-state index in [1.807, 2.05) is 31.2 Å². The highest BCUT2D eigenvalue weighted by molar-refractivity contribution is 6.05. The van der Waals surface area contributed by atoms with Gasteiger partial charge < -0.3 is 15.1 Å². The Labute approximate surface area is 188 Å². The first-order valence-electron chi connectivity index (χ1n) is 12.2. The van der Waals surface area contributed by atoms with Crippen molar-refractivity contribution in [1.29, 1.82) is 0 Å². The molecule has 2 heterocycles. The number of piperidine rings is 1. The van der Waals surface area contributed by atoms with Crippen LogP contribution in [0.25, 0.3) is 0 Å². The molecule has 0 bridgehead atoms. The van der Waals surface area contributed by atoms with Crippen molar-refractivity contribution in [3.63, 3.8) is 0 Å². The molecule has 0 radical (unpaired) electrons. The lowest BCUT2D eigenvalue weighted by Crippen LogP contribution is -2.45. The number of carbonyl (C=O) groups excluding carboxylic acids is 2. The van der Waals surface area contributed by atoms with E-state index >= 15 is 0 Å². The molecule has 0 spiro atoms. The molecule has 6 heteroatoms. The molecular formula is C25H40N4O2. The Kier molecular flexibility index (Phi) is 8.90. The highest BCUT2D eigenvalue weighted by Crippen LogP contribution is 2.30. The fraction of sp³-hybridized carbons (Fsp3) is 0.680. The normalized spacial score (nSPS) is 20.5. The van der Waals surface area contributed by atoms with Crippen molar-refractivity contribution in [3.8, 4) is 0 Å². The van der Waals surface area contributed by atoms with Gasteiger partial charge in [-0.1, -0.05) is 45.7 Å². The standard InChI is InChI=1S/C25H40N4O2/c1-4-27(5-2)15-9-8-10-21-13-16-28(17-14-21)19-24(30)29-18-20(3)25(31)26-22-11-6-7-12-23(22)29/h6-7,11-12,20-21H,4-5,8-10,13-19H2,1-3H3,(H,26,31). The van der Waals surface area contributed by atoms with E-state index in [4.69, 9.17) is 0 Å². The van der Waals surface area contributed by atoms with E-state index in [9.17, 15) is 9.59 Å². The Morgan fingerprint density at radius 3 is 2.55 bits per heavy atom. The van der Waals surface area contributed by atoms with Gasteiger partial charge in [-0.25, -0.2) is 0 Å². The fourth-order valence-electron chi connectivity index (χ4n) is 4.78. The van der Waals surface area contributed by atoms with Crippen LogP contribution >= 0.6 is 0 Å². The maximum atomic E-state index is 13.2. The summed E-state index contributed by atoms with van der Waals surface area (Å²) in [6, 6.07) is 7.62. The summed E-state index contributed by atoms with van der Waals surface area (Å²) in [7, 11) is 0. The molecule has 0 aromatic heterocycles. The fourth-order valence-corrected chi connectivity index (χ4v) is 4.78. The first-order valence-corrected chi connectivity index (χ1v) is 12.2. The lowest BCUT2D eigenvalue weighted by Gasteiger charge is -2.33. The average molecular weight is 429 g/mol. The van der Waals surface area contributed by atoms with Gasteiger partial charge in [-0.15, -0.1) is 0 Å². The molecule has 1 N–H and O–H groups in total. The first kappa shape index (κ1) is 23.7. The number of rotatable bonds is 9. The van der Waals surface area contributed by atoms with Crippen molar-refractivity contribution >= 4 is 23.2 Å². The minimum absolute atomic E-state index is 0.0236. The molecule has 1 saturated heterocycles. The minimum atomic E-state index is -0.224. The second kappa shape index (κ2) is 11.6. The molecular weight excluding hydrogens is 388 g/mol. The Morgan fingerprint density at radius 1 is 1.13 bits per heavy atom. The SMILES string of the molecule is CCN(CC)CCCCC1CCN(CC(=O)N2CC(C)C(=O)Nc3ccccc32)CC1. The molecule has 31 heavy (non-hydrogen) atoms. The van der Waals surface area contributed by atoms with Gasteiger partial charge in [0.05, 0.1) is 23.8 Å². The van der Waals surface area contributed by atoms with Gasteiger partial charge in [-0.05, 0) is 70.0 Å². The molecule has 0 aliphatic carbocycles. The molecule has 1 fully saturated rings. The van der Waals surface area contributed by atoms with E-state index in [2.05, 4.69) is 29.0 Å². The van der Waals surface area contributed by atoms with Gasteiger partial charge in [-0.3, -0.25) is 14.5 Å². The van der Waals surface area contributed by atoms with E-state index in [1.54, 1.807) is 4.90 Å². The quantitative estimate of drug-likeness (QED) is 0.608. The van der Waals surface area contributed by atoms with Crippen molar-refractivity contribution in [2.24, 2.45) is 11.8 Å². The number of hydrogen-bond donors (Lipinski definition) is 1. The smallest absolute Gasteiger partial charge is 0.241 e. The number of unbranched alkanes of at least 4 members (excludes halogenated alkanes) is 1. The van der Waals surface area contributed by atoms with Gasteiger partial charge >= 0.3 is 0 Å². The van der Waals surface area contributed by atoms with E-state index in [0.717, 1.165) is 43.5 Å². The van der Waals surface area contributed by atoms with Crippen LogP contribution < -0.4 is 10.2 Å². The minimum Gasteiger partial charge on any atom is -0.324 e. The molecule has 2 aliphatic heterocycles. The van der Waals surface area contributed by atoms with Gasteiger partial charge in [0.1, 0.15) is 0 Å².